The number of anilines is 1. The minimum atomic E-state index is -3.61. The summed E-state index contributed by atoms with van der Waals surface area (Å²) in [5.41, 5.74) is 5.78. The van der Waals surface area contributed by atoms with Gasteiger partial charge >= 0.3 is 0 Å². The van der Waals surface area contributed by atoms with Crippen LogP contribution < -0.4 is 10.5 Å². The Kier molecular flexibility index (Phi) is 6.20. The van der Waals surface area contributed by atoms with E-state index in [1.807, 2.05) is 0 Å². The number of pyridine rings is 1. The second-order valence-corrected chi connectivity index (χ2v) is 5.86. The van der Waals surface area contributed by atoms with Gasteiger partial charge in [-0.25, -0.2) is 18.1 Å². The summed E-state index contributed by atoms with van der Waals surface area (Å²) in [5.74, 6) is 0. The first-order valence-corrected chi connectivity index (χ1v) is 7.92. The van der Waals surface area contributed by atoms with Crippen LogP contribution in [0.15, 0.2) is 23.4 Å². The molecule has 0 aliphatic heterocycles. The molecule has 19 heavy (non-hydrogen) atoms. The van der Waals surface area contributed by atoms with E-state index in [0.29, 0.717) is 6.54 Å². The van der Waals surface area contributed by atoms with Gasteiger partial charge in [0.15, 0.2) is 5.03 Å². The third-order valence-electron chi connectivity index (χ3n) is 2.89. The van der Waals surface area contributed by atoms with Gasteiger partial charge in [0, 0.05) is 12.7 Å². The Bertz CT molecular complexity index is 486. The van der Waals surface area contributed by atoms with Gasteiger partial charge in [0.25, 0.3) is 10.0 Å². The number of sulfonamides is 1. The number of nitrogens with one attached hydrogen (secondary N) is 1. The van der Waals surface area contributed by atoms with Gasteiger partial charge in [-0.1, -0.05) is 13.8 Å². The summed E-state index contributed by atoms with van der Waals surface area (Å²) >= 11 is 0. The van der Waals surface area contributed by atoms with E-state index in [4.69, 9.17) is 5.73 Å². The Labute approximate surface area is 115 Å². The smallest absolute Gasteiger partial charge is 0.260 e. The van der Waals surface area contributed by atoms with E-state index < -0.39 is 10.0 Å². The molecule has 0 bridgehead atoms. The molecule has 1 aromatic rings. The zero-order valence-electron chi connectivity index (χ0n) is 11.5. The molecule has 0 fully saturated rings. The van der Waals surface area contributed by atoms with E-state index in [-0.39, 0.29) is 10.7 Å². The Morgan fingerprint density at radius 3 is 2.63 bits per heavy atom. The van der Waals surface area contributed by atoms with Crippen LogP contribution in [0.25, 0.3) is 0 Å². The van der Waals surface area contributed by atoms with Crippen molar-refractivity contribution in [3.63, 3.8) is 0 Å². The van der Waals surface area contributed by atoms with Crippen LogP contribution in [-0.2, 0) is 10.0 Å². The largest absolute Gasteiger partial charge is 0.396 e. The van der Waals surface area contributed by atoms with E-state index >= 15 is 0 Å². The van der Waals surface area contributed by atoms with Crippen molar-refractivity contribution in [1.82, 2.24) is 14.6 Å². The molecular formula is C12H22N4O2S. The second-order valence-electron chi connectivity index (χ2n) is 4.18. The first-order chi connectivity index (χ1) is 9.01. The van der Waals surface area contributed by atoms with Crippen molar-refractivity contribution in [1.29, 1.82) is 0 Å². The van der Waals surface area contributed by atoms with Gasteiger partial charge in [0.1, 0.15) is 0 Å². The number of aromatic nitrogens is 1. The topological polar surface area (TPSA) is 88.3 Å². The molecular weight excluding hydrogens is 264 g/mol. The summed E-state index contributed by atoms with van der Waals surface area (Å²) in [5, 5.41) is -0.0992. The summed E-state index contributed by atoms with van der Waals surface area (Å²) in [4.78, 5) is 6.05. The molecule has 6 nitrogen and oxygen atoms in total. The van der Waals surface area contributed by atoms with Crippen LogP contribution in [0.3, 0.4) is 0 Å². The van der Waals surface area contributed by atoms with Crippen LogP contribution in [0, 0.1) is 0 Å². The van der Waals surface area contributed by atoms with E-state index in [2.05, 4.69) is 28.5 Å². The lowest BCUT2D eigenvalue weighted by Crippen LogP contribution is -2.30. The third-order valence-corrected chi connectivity index (χ3v) is 4.33. The number of hydrogen-bond donors (Lipinski definition) is 2. The van der Waals surface area contributed by atoms with E-state index in [0.717, 1.165) is 26.1 Å². The number of rotatable bonds is 8. The Balaban J connectivity index is 2.51. The molecule has 108 valence electrons. The first-order valence-electron chi connectivity index (χ1n) is 6.43. The standard InChI is InChI=1S/C12H22N4O2S/c1-3-16(4-2)10-6-9-15-19(17,18)12-11(13)7-5-8-14-12/h5,7-8,15H,3-4,6,9-10,13H2,1-2H3. The molecule has 0 aromatic carbocycles. The van der Waals surface area contributed by atoms with Crippen LogP contribution >= 0.6 is 0 Å². The molecule has 3 N–H and O–H groups in total. The molecule has 0 aliphatic carbocycles. The van der Waals surface area contributed by atoms with Crippen molar-refractivity contribution in [2.75, 3.05) is 31.9 Å². The maximum Gasteiger partial charge on any atom is 0.260 e. The summed E-state index contributed by atoms with van der Waals surface area (Å²) in [6.45, 7) is 7.36. The van der Waals surface area contributed by atoms with Crippen LogP contribution in [-0.4, -0.2) is 44.5 Å². The Morgan fingerprint density at radius 1 is 1.37 bits per heavy atom. The zero-order chi connectivity index (χ0) is 14.3. The summed E-state index contributed by atoms with van der Waals surface area (Å²) in [7, 11) is -3.61. The highest BCUT2D eigenvalue weighted by atomic mass is 32.2. The van der Waals surface area contributed by atoms with Crippen LogP contribution in [0.2, 0.25) is 0 Å². The highest BCUT2D eigenvalue weighted by Crippen LogP contribution is 2.13. The minimum Gasteiger partial charge on any atom is -0.396 e. The average Bonchev–Trinajstić information content (AvgIpc) is 2.39. The van der Waals surface area contributed by atoms with Crippen molar-refractivity contribution < 1.29 is 8.42 Å². The number of nitrogen functional groups attached to an aromatic ring is 1. The van der Waals surface area contributed by atoms with Gasteiger partial charge < -0.3 is 10.6 Å². The lowest BCUT2D eigenvalue weighted by Gasteiger charge is -2.17. The molecule has 0 aliphatic rings. The quantitative estimate of drug-likeness (QED) is 0.686. The van der Waals surface area contributed by atoms with Crippen LogP contribution in [0.5, 0.6) is 0 Å². The maximum atomic E-state index is 12.0. The lowest BCUT2D eigenvalue weighted by atomic mass is 10.4. The van der Waals surface area contributed by atoms with Gasteiger partial charge in [0.05, 0.1) is 5.69 Å². The Morgan fingerprint density at radius 2 is 2.05 bits per heavy atom. The lowest BCUT2D eigenvalue weighted by molar-refractivity contribution is 0.300. The average molecular weight is 286 g/mol. The number of nitrogens with two attached hydrogens (primary N) is 1. The van der Waals surface area contributed by atoms with E-state index in [9.17, 15) is 8.42 Å². The van der Waals surface area contributed by atoms with Gasteiger partial charge in [-0.2, -0.15) is 0 Å². The molecule has 0 saturated carbocycles. The van der Waals surface area contributed by atoms with Crippen molar-refractivity contribution in [2.45, 2.75) is 25.3 Å². The predicted octanol–water partition coefficient (Wildman–Crippen LogP) is 0.674. The molecule has 1 rings (SSSR count). The van der Waals surface area contributed by atoms with E-state index in [1.54, 1.807) is 6.07 Å². The molecule has 0 atom stereocenters. The van der Waals surface area contributed by atoms with Gasteiger partial charge in [-0.3, -0.25) is 0 Å². The molecule has 1 aromatic heterocycles. The first kappa shape index (κ1) is 15.9. The van der Waals surface area contributed by atoms with Crippen molar-refractivity contribution >= 4 is 15.7 Å². The summed E-state index contributed by atoms with van der Waals surface area (Å²) in [6.07, 6.45) is 2.18. The predicted molar refractivity (Wildman–Crippen MR) is 76.2 cm³/mol. The molecule has 0 unspecified atom stereocenters. The second kappa shape index (κ2) is 7.42. The zero-order valence-corrected chi connectivity index (χ0v) is 12.3. The molecule has 0 saturated heterocycles. The third kappa shape index (κ3) is 4.77. The van der Waals surface area contributed by atoms with Gasteiger partial charge in [-0.05, 0) is 38.2 Å². The number of hydrogen-bond acceptors (Lipinski definition) is 5. The monoisotopic (exact) mass is 286 g/mol. The van der Waals surface area contributed by atoms with Crippen molar-refractivity contribution in [3.8, 4) is 0 Å². The van der Waals surface area contributed by atoms with Crippen molar-refractivity contribution in [2.24, 2.45) is 0 Å². The normalized spacial score (nSPS) is 11.9. The summed E-state index contributed by atoms with van der Waals surface area (Å²) < 4.78 is 26.5. The fourth-order valence-electron chi connectivity index (χ4n) is 1.75. The molecule has 1 heterocycles. The molecule has 7 heteroatoms. The van der Waals surface area contributed by atoms with Crippen molar-refractivity contribution in [3.05, 3.63) is 18.3 Å². The number of nitrogens with zero attached hydrogens (tertiary/aromatic N) is 2. The maximum absolute atomic E-state index is 12.0. The molecule has 0 spiro atoms. The molecule has 0 amide bonds. The van der Waals surface area contributed by atoms with Crippen LogP contribution in [0.1, 0.15) is 20.3 Å². The highest BCUT2D eigenvalue weighted by molar-refractivity contribution is 7.89. The SMILES string of the molecule is CCN(CC)CCCNS(=O)(=O)c1ncccc1N. The van der Waals surface area contributed by atoms with Gasteiger partial charge in [0.2, 0.25) is 0 Å². The van der Waals surface area contributed by atoms with Gasteiger partial charge in [-0.15, -0.1) is 0 Å². The fraction of sp³-hybridized carbons (Fsp3) is 0.583. The highest BCUT2D eigenvalue weighted by Gasteiger charge is 2.17. The fourth-order valence-corrected chi connectivity index (χ4v) is 2.87. The van der Waals surface area contributed by atoms with Crippen LogP contribution in [0.4, 0.5) is 5.69 Å². The Hall–Kier alpha value is -1.18. The van der Waals surface area contributed by atoms with E-state index in [1.165, 1.54) is 12.3 Å². The minimum absolute atomic E-state index is 0.0992. The summed E-state index contributed by atoms with van der Waals surface area (Å²) in [6, 6.07) is 3.13. The molecule has 0 radical (unpaired) electrons.